The molecule has 0 aliphatic rings. The molecule has 1 N–H and O–H groups in total. The van der Waals surface area contributed by atoms with Crippen molar-refractivity contribution in [3.63, 3.8) is 0 Å². The lowest BCUT2D eigenvalue weighted by molar-refractivity contribution is -0.384. The van der Waals surface area contributed by atoms with Gasteiger partial charge in [-0.3, -0.25) is 14.9 Å². The number of thioether (sulfide) groups is 1. The molecule has 134 valence electrons. The number of nitrogens with one attached hydrogen (secondary N) is 1. The van der Waals surface area contributed by atoms with Crippen molar-refractivity contribution in [1.82, 2.24) is 14.8 Å². The molecule has 9 nitrogen and oxygen atoms in total. The minimum absolute atomic E-state index is 0.109. The molecule has 10 heteroatoms. The average Bonchev–Trinajstić information content (AvgIpc) is 3.03. The van der Waals surface area contributed by atoms with Crippen LogP contribution in [0.5, 0.6) is 5.75 Å². The maximum Gasteiger partial charge on any atom is 0.273 e. The predicted molar refractivity (Wildman–Crippen MR) is 94.0 cm³/mol. The van der Waals surface area contributed by atoms with Crippen LogP contribution in [0, 0.1) is 10.1 Å². The first-order valence-electron chi connectivity index (χ1n) is 7.53. The Bertz CT molecular complexity index is 777. The fourth-order valence-corrected chi connectivity index (χ4v) is 2.97. The highest BCUT2D eigenvalue weighted by Crippen LogP contribution is 2.30. The summed E-state index contributed by atoms with van der Waals surface area (Å²) >= 11 is 1.28. The number of hydrogen-bond donors (Lipinski definition) is 1. The van der Waals surface area contributed by atoms with E-state index in [1.54, 1.807) is 13.3 Å². The molecule has 0 bridgehead atoms. The third-order valence-electron chi connectivity index (χ3n) is 3.40. The molecule has 0 aliphatic heterocycles. The van der Waals surface area contributed by atoms with Crippen LogP contribution < -0.4 is 10.1 Å². The van der Waals surface area contributed by atoms with E-state index >= 15 is 0 Å². The molecular weight excluding hydrogens is 346 g/mol. The molecule has 0 radical (unpaired) electrons. The SMILES string of the molecule is COc1cc([N+](=O)[O-])ccc1NC(=O)[C@@H](C)Sc1nncn1C(C)C. The topological polar surface area (TPSA) is 112 Å². The van der Waals surface area contributed by atoms with Gasteiger partial charge >= 0.3 is 0 Å². The van der Waals surface area contributed by atoms with E-state index in [0.29, 0.717) is 10.8 Å². The average molecular weight is 365 g/mol. The van der Waals surface area contributed by atoms with Crippen LogP contribution in [0.1, 0.15) is 26.8 Å². The molecule has 0 fully saturated rings. The Morgan fingerprint density at radius 3 is 2.72 bits per heavy atom. The number of ether oxygens (including phenoxy) is 1. The number of nitrogens with zero attached hydrogens (tertiary/aromatic N) is 4. The van der Waals surface area contributed by atoms with Crippen LogP contribution in [-0.2, 0) is 4.79 Å². The van der Waals surface area contributed by atoms with Crippen molar-refractivity contribution in [1.29, 1.82) is 0 Å². The maximum absolute atomic E-state index is 12.4. The molecule has 1 aromatic heterocycles. The zero-order valence-corrected chi connectivity index (χ0v) is 15.1. The first-order chi connectivity index (χ1) is 11.8. The highest BCUT2D eigenvalue weighted by atomic mass is 32.2. The number of hydrogen-bond acceptors (Lipinski definition) is 7. The van der Waals surface area contributed by atoms with Crippen molar-refractivity contribution >= 4 is 29.0 Å². The number of nitro benzene ring substituents is 1. The number of methoxy groups -OCH3 is 1. The van der Waals surface area contributed by atoms with Gasteiger partial charge in [0, 0.05) is 12.1 Å². The normalized spacial score (nSPS) is 12.0. The third kappa shape index (κ3) is 4.47. The van der Waals surface area contributed by atoms with E-state index < -0.39 is 10.2 Å². The number of anilines is 1. The second-order valence-corrected chi connectivity index (χ2v) is 6.81. The van der Waals surface area contributed by atoms with Crippen LogP contribution in [-0.4, -0.2) is 38.0 Å². The second-order valence-electron chi connectivity index (χ2n) is 5.51. The number of aromatic nitrogens is 3. The molecule has 0 spiro atoms. The van der Waals surface area contributed by atoms with E-state index in [1.807, 2.05) is 18.4 Å². The van der Waals surface area contributed by atoms with Crippen molar-refractivity contribution in [2.24, 2.45) is 0 Å². The van der Waals surface area contributed by atoms with Gasteiger partial charge in [-0.15, -0.1) is 10.2 Å². The van der Waals surface area contributed by atoms with Gasteiger partial charge in [0.05, 0.1) is 29.0 Å². The number of rotatable bonds is 7. The Balaban J connectivity index is 2.11. The van der Waals surface area contributed by atoms with E-state index in [2.05, 4.69) is 15.5 Å². The summed E-state index contributed by atoms with van der Waals surface area (Å²) in [6, 6.07) is 4.21. The van der Waals surface area contributed by atoms with Gasteiger partial charge in [0.2, 0.25) is 5.91 Å². The Morgan fingerprint density at radius 2 is 2.12 bits per heavy atom. The van der Waals surface area contributed by atoms with Gasteiger partial charge in [0.1, 0.15) is 12.1 Å². The van der Waals surface area contributed by atoms with Gasteiger partial charge < -0.3 is 14.6 Å². The fourth-order valence-electron chi connectivity index (χ4n) is 2.01. The van der Waals surface area contributed by atoms with Crippen molar-refractivity contribution < 1.29 is 14.5 Å². The van der Waals surface area contributed by atoms with Crippen LogP contribution in [0.3, 0.4) is 0 Å². The number of nitro groups is 1. The van der Waals surface area contributed by atoms with Crippen LogP contribution in [0.4, 0.5) is 11.4 Å². The molecule has 25 heavy (non-hydrogen) atoms. The molecule has 1 aromatic carbocycles. The Morgan fingerprint density at radius 1 is 1.40 bits per heavy atom. The lowest BCUT2D eigenvalue weighted by Gasteiger charge is -2.15. The summed E-state index contributed by atoms with van der Waals surface area (Å²) in [6.07, 6.45) is 1.62. The molecule has 0 saturated heterocycles. The number of benzene rings is 1. The summed E-state index contributed by atoms with van der Waals surface area (Å²) in [7, 11) is 1.39. The van der Waals surface area contributed by atoms with Crippen LogP contribution in [0.2, 0.25) is 0 Å². The van der Waals surface area contributed by atoms with Gasteiger partial charge in [-0.25, -0.2) is 0 Å². The summed E-state index contributed by atoms with van der Waals surface area (Å²) in [5, 5.41) is 21.6. The van der Waals surface area contributed by atoms with Crippen LogP contribution in [0.15, 0.2) is 29.7 Å². The van der Waals surface area contributed by atoms with Crippen molar-refractivity contribution in [3.8, 4) is 5.75 Å². The quantitative estimate of drug-likeness (QED) is 0.456. The van der Waals surface area contributed by atoms with Gasteiger partial charge in [0.15, 0.2) is 5.16 Å². The lowest BCUT2D eigenvalue weighted by atomic mass is 10.2. The summed E-state index contributed by atoms with van der Waals surface area (Å²) in [4.78, 5) is 22.7. The minimum Gasteiger partial charge on any atom is -0.494 e. The second kappa shape index (κ2) is 7.97. The summed E-state index contributed by atoms with van der Waals surface area (Å²) in [5.41, 5.74) is 0.262. The van der Waals surface area contributed by atoms with Crippen molar-refractivity contribution in [2.45, 2.75) is 37.2 Å². The molecular formula is C15H19N5O4S. The van der Waals surface area contributed by atoms with E-state index in [9.17, 15) is 14.9 Å². The molecule has 0 aliphatic carbocycles. The predicted octanol–water partition coefficient (Wildman–Crippen LogP) is 2.90. The molecule has 1 heterocycles. The zero-order chi connectivity index (χ0) is 18.6. The van der Waals surface area contributed by atoms with E-state index in [0.717, 1.165) is 0 Å². The van der Waals surface area contributed by atoms with Crippen LogP contribution >= 0.6 is 11.8 Å². The monoisotopic (exact) mass is 365 g/mol. The largest absolute Gasteiger partial charge is 0.494 e. The highest BCUT2D eigenvalue weighted by molar-refractivity contribution is 8.00. The molecule has 1 atom stereocenters. The van der Waals surface area contributed by atoms with Gasteiger partial charge in [-0.1, -0.05) is 11.8 Å². The lowest BCUT2D eigenvalue weighted by Crippen LogP contribution is -2.23. The zero-order valence-electron chi connectivity index (χ0n) is 14.3. The molecule has 0 saturated carbocycles. The molecule has 2 rings (SSSR count). The Hall–Kier alpha value is -2.62. The van der Waals surface area contributed by atoms with Crippen molar-refractivity contribution in [2.75, 3.05) is 12.4 Å². The van der Waals surface area contributed by atoms with Crippen LogP contribution in [0.25, 0.3) is 0 Å². The molecule has 0 unspecified atom stereocenters. The molecule has 1 amide bonds. The minimum atomic E-state index is -0.522. The first kappa shape index (κ1) is 18.7. The Labute approximate surface area is 148 Å². The number of carbonyl (C=O) groups is 1. The fraction of sp³-hybridized carbons (Fsp3) is 0.400. The van der Waals surface area contributed by atoms with E-state index in [1.165, 1.54) is 37.1 Å². The molecule has 2 aromatic rings. The summed E-state index contributed by atoms with van der Waals surface area (Å²) in [6.45, 7) is 5.75. The van der Waals surface area contributed by atoms with E-state index in [4.69, 9.17) is 4.74 Å². The standard InChI is InChI=1S/C15H19N5O4S/c1-9(2)19-8-16-18-15(19)25-10(3)14(21)17-12-6-5-11(20(22)23)7-13(12)24-4/h5-10H,1-4H3,(H,17,21)/t10-/m1/s1. The van der Waals surface area contributed by atoms with Gasteiger partial charge in [0.25, 0.3) is 5.69 Å². The maximum atomic E-state index is 12.4. The van der Waals surface area contributed by atoms with Gasteiger partial charge in [-0.2, -0.15) is 0 Å². The number of amides is 1. The first-order valence-corrected chi connectivity index (χ1v) is 8.41. The summed E-state index contributed by atoms with van der Waals surface area (Å²) in [5.74, 6) is -0.0412. The Kier molecular flexibility index (Phi) is 5.97. The van der Waals surface area contributed by atoms with Gasteiger partial charge in [-0.05, 0) is 26.8 Å². The summed E-state index contributed by atoms with van der Waals surface area (Å²) < 4.78 is 7.00. The highest BCUT2D eigenvalue weighted by Gasteiger charge is 2.21. The van der Waals surface area contributed by atoms with Crippen molar-refractivity contribution in [3.05, 3.63) is 34.6 Å². The van der Waals surface area contributed by atoms with E-state index in [-0.39, 0.29) is 23.4 Å². The smallest absolute Gasteiger partial charge is 0.273 e. The third-order valence-corrected chi connectivity index (χ3v) is 4.47. The number of non-ortho nitro benzene ring substituents is 1. The number of carbonyl (C=O) groups excluding carboxylic acids is 1.